The zero-order chi connectivity index (χ0) is 11.9. The van der Waals surface area contributed by atoms with E-state index in [1.54, 1.807) is 12.3 Å². The maximum absolute atomic E-state index is 5.42. The summed E-state index contributed by atoms with van der Waals surface area (Å²) in [6, 6.07) is 12.1. The van der Waals surface area contributed by atoms with E-state index in [4.69, 9.17) is 9.15 Å². The Hall–Kier alpha value is -1.96. The van der Waals surface area contributed by atoms with E-state index >= 15 is 0 Å². The molecular formula is C15H16O2. The minimum Gasteiger partial charge on any atom is -0.490 e. The fourth-order valence-corrected chi connectivity index (χ4v) is 1.63. The summed E-state index contributed by atoms with van der Waals surface area (Å²) in [5.74, 6) is 1.91. The van der Waals surface area contributed by atoms with E-state index in [2.05, 4.69) is 18.7 Å². The summed E-state index contributed by atoms with van der Waals surface area (Å²) in [5, 5.41) is 0. The second-order valence-corrected chi connectivity index (χ2v) is 3.82. The number of benzene rings is 1. The molecule has 0 aliphatic heterocycles. The Morgan fingerprint density at radius 2 is 1.94 bits per heavy atom. The van der Waals surface area contributed by atoms with Crippen LogP contribution in [-0.4, -0.2) is 6.61 Å². The van der Waals surface area contributed by atoms with E-state index in [-0.39, 0.29) is 0 Å². The van der Waals surface area contributed by atoms with Gasteiger partial charge in [0.15, 0.2) is 0 Å². The standard InChI is InChI=1S/C15H16O2/c1-2-11-16-15-9-6-13(7-10-15)5-8-14-4-3-12-17-14/h2-4,6-7,9-10,12H,1,5,8,11H2. The first kappa shape index (κ1) is 11.5. The molecule has 0 saturated heterocycles. The molecule has 0 saturated carbocycles. The third kappa shape index (κ3) is 3.52. The quantitative estimate of drug-likeness (QED) is 0.704. The van der Waals surface area contributed by atoms with Crippen molar-refractivity contribution in [2.45, 2.75) is 12.8 Å². The fourth-order valence-electron chi connectivity index (χ4n) is 1.63. The highest BCUT2D eigenvalue weighted by atomic mass is 16.5. The van der Waals surface area contributed by atoms with Crippen molar-refractivity contribution in [3.8, 4) is 5.75 Å². The van der Waals surface area contributed by atoms with E-state index in [9.17, 15) is 0 Å². The van der Waals surface area contributed by atoms with Gasteiger partial charge in [0.25, 0.3) is 0 Å². The number of aryl methyl sites for hydroxylation is 2. The van der Waals surface area contributed by atoms with Gasteiger partial charge in [-0.3, -0.25) is 0 Å². The van der Waals surface area contributed by atoms with Crippen LogP contribution >= 0.6 is 0 Å². The summed E-state index contributed by atoms with van der Waals surface area (Å²) in [6.45, 7) is 4.16. The third-order valence-corrected chi connectivity index (χ3v) is 2.53. The van der Waals surface area contributed by atoms with E-state index in [1.807, 2.05) is 24.3 Å². The lowest BCUT2D eigenvalue weighted by Gasteiger charge is -2.04. The Kier molecular flexibility index (Phi) is 4.03. The molecule has 0 N–H and O–H groups in total. The van der Waals surface area contributed by atoms with Crippen LogP contribution in [0.25, 0.3) is 0 Å². The van der Waals surface area contributed by atoms with Crippen molar-refractivity contribution in [3.05, 3.63) is 66.6 Å². The highest BCUT2D eigenvalue weighted by Gasteiger charge is 1.98. The molecule has 0 fully saturated rings. The molecule has 2 nitrogen and oxygen atoms in total. The summed E-state index contributed by atoms with van der Waals surface area (Å²) < 4.78 is 10.7. The molecule has 1 aromatic carbocycles. The molecule has 0 bridgehead atoms. The van der Waals surface area contributed by atoms with Crippen molar-refractivity contribution in [1.29, 1.82) is 0 Å². The van der Waals surface area contributed by atoms with Crippen LogP contribution in [0.1, 0.15) is 11.3 Å². The predicted molar refractivity (Wildman–Crippen MR) is 68.3 cm³/mol. The van der Waals surface area contributed by atoms with Gasteiger partial charge in [0.05, 0.1) is 6.26 Å². The van der Waals surface area contributed by atoms with E-state index in [1.165, 1.54) is 5.56 Å². The minimum absolute atomic E-state index is 0.547. The largest absolute Gasteiger partial charge is 0.490 e. The molecule has 88 valence electrons. The lowest BCUT2D eigenvalue weighted by Crippen LogP contribution is -1.94. The van der Waals surface area contributed by atoms with Crippen LogP contribution in [0.3, 0.4) is 0 Å². The Balaban J connectivity index is 1.87. The molecule has 0 amide bonds. The first-order chi connectivity index (χ1) is 8.38. The number of hydrogen-bond acceptors (Lipinski definition) is 2. The monoisotopic (exact) mass is 228 g/mol. The second kappa shape index (κ2) is 5.94. The number of hydrogen-bond donors (Lipinski definition) is 0. The van der Waals surface area contributed by atoms with Gasteiger partial charge in [0.1, 0.15) is 18.1 Å². The van der Waals surface area contributed by atoms with Gasteiger partial charge in [-0.25, -0.2) is 0 Å². The smallest absolute Gasteiger partial charge is 0.119 e. The maximum atomic E-state index is 5.42. The van der Waals surface area contributed by atoms with Crippen molar-refractivity contribution in [3.63, 3.8) is 0 Å². The van der Waals surface area contributed by atoms with Crippen LogP contribution in [-0.2, 0) is 12.8 Å². The van der Waals surface area contributed by atoms with Gasteiger partial charge in [0, 0.05) is 6.42 Å². The van der Waals surface area contributed by atoms with Crippen LogP contribution in [0.15, 0.2) is 59.7 Å². The maximum Gasteiger partial charge on any atom is 0.119 e. The number of rotatable bonds is 6. The van der Waals surface area contributed by atoms with Crippen LogP contribution < -0.4 is 4.74 Å². The van der Waals surface area contributed by atoms with Crippen molar-refractivity contribution < 1.29 is 9.15 Å². The normalized spacial score (nSPS) is 10.1. The van der Waals surface area contributed by atoms with Crippen LogP contribution in [0, 0.1) is 0 Å². The average Bonchev–Trinajstić information content (AvgIpc) is 2.88. The van der Waals surface area contributed by atoms with Crippen LogP contribution in [0.5, 0.6) is 5.75 Å². The number of furan rings is 1. The van der Waals surface area contributed by atoms with Crippen molar-refractivity contribution >= 4 is 0 Å². The van der Waals surface area contributed by atoms with Gasteiger partial charge in [-0.15, -0.1) is 0 Å². The molecular weight excluding hydrogens is 212 g/mol. The molecule has 0 radical (unpaired) electrons. The fraction of sp³-hybridized carbons (Fsp3) is 0.200. The second-order valence-electron chi connectivity index (χ2n) is 3.82. The minimum atomic E-state index is 0.547. The summed E-state index contributed by atoms with van der Waals surface area (Å²) in [4.78, 5) is 0. The van der Waals surface area contributed by atoms with Gasteiger partial charge in [-0.2, -0.15) is 0 Å². The Morgan fingerprint density at radius 1 is 1.12 bits per heavy atom. The number of ether oxygens (including phenoxy) is 1. The molecule has 0 unspecified atom stereocenters. The molecule has 0 aliphatic carbocycles. The average molecular weight is 228 g/mol. The highest BCUT2D eigenvalue weighted by Crippen LogP contribution is 2.14. The zero-order valence-electron chi connectivity index (χ0n) is 9.76. The molecule has 1 aromatic heterocycles. The van der Waals surface area contributed by atoms with Crippen LogP contribution in [0.4, 0.5) is 0 Å². The van der Waals surface area contributed by atoms with Gasteiger partial charge in [0.2, 0.25) is 0 Å². The van der Waals surface area contributed by atoms with Gasteiger partial charge in [-0.05, 0) is 36.2 Å². The van der Waals surface area contributed by atoms with E-state index < -0.39 is 0 Å². The summed E-state index contributed by atoms with van der Waals surface area (Å²) in [7, 11) is 0. The Labute approximate surface area is 102 Å². The zero-order valence-corrected chi connectivity index (χ0v) is 9.76. The first-order valence-corrected chi connectivity index (χ1v) is 5.73. The third-order valence-electron chi connectivity index (χ3n) is 2.53. The molecule has 0 aliphatic rings. The molecule has 0 atom stereocenters. The lowest BCUT2D eigenvalue weighted by molar-refractivity contribution is 0.363. The molecule has 2 heteroatoms. The van der Waals surface area contributed by atoms with Gasteiger partial charge in [-0.1, -0.05) is 24.8 Å². The summed E-state index contributed by atoms with van der Waals surface area (Å²) >= 11 is 0. The van der Waals surface area contributed by atoms with Crippen molar-refractivity contribution in [2.24, 2.45) is 0 Å². The van der Waals surface area contributed by atoms with Gasteiger partial charge >= 0.3 is 0 Å². The van der Waals surface area contributed by atoms with E-state index in [0.29, 0.717) is 6.61 Å². The van der Waals surface area contributed by atoms with Crippen molar-refractivity contribution in [1.82, 2.24) is 0 Å². The summed E-state index contributed by atoms with van der Waals surface area (Å²) in [6.07, 6.45) is 5.36. The summed E-state index contributed by atoms with van der Waals surface area (Å²) in [5.41, 5.74) is 1.28. The van der Waals surface area contributed by atoms with Gasteiger partial charge < -0.3 is 9.15 Å². The van der Waals surface area contributed by atoms with Crippen molar-refractivity contribution in [2.75, 3.05) is 6.61 Å². The Bertz CT molecular complexity index is 440. The predicted octanol–water partition coefficient (Wildman–Crippen LogP) is 3.63. The molecule has 0 spiro atoms. The SMILES string of the molecule is C=CCOc1ccc(CCc2ccco2)cc1. The molecule has 2 rings (SSSR count). The van der Waals surface area contributed by atoms with E-state index in [0.717, 1.165) is 24.4 Å². The molecule has 17 heavy (non-hydrogen) atoms. The topological polar surface area (TPSA) is 22.4 Å². The van der Waals surface area contributed by atoms with Crippen LogP contribution in [0.2, 0.25) is 0 Å². The molecule has 1 heterocycles. The first-order valence-electron chi connectivity index (χ1n) is 5.73. The molecule has 2 aromatic rings. The Morgan fingerprint density at radius 3 is 2.59 bits per heavy atom. The lowest BCUT2D eigenvalue weighted by atomic mass is 10.1. The highest BCUT2D eigenvalue weighted by molar-refractivity contribution is 5.27.